The van der Waals surface area contributed by atoms with Crippen LogP contribution in [-0.4, -0.2) is 47.0 Å². The van der Waals surface area contributed by atoms with Gasteiger partial charge in [-0.15, -0.1) is 11.3 Å². The quantitative estimate of drug-likeness (QED) is 0.932. The van der Waals surface area contributed by atoms with Crippen molar-refractivity contribution >= 4 is 23.3 Å². The Kier molecular flexibility index (Phi) is 4.04. The maximum Gasteiger partial charge on any atom is 0.320 e. The van der Waals surface area contributed by atoms with E-state index in [0.717, 1.165) is 4.88 Å². The minimum absolute atomic E-state index is 0.000755. The van der Waals surface area contributed by atoms with Crippen molar-refractivity contribution in [2.45, 2.75) is 26.3 Å². The highest BCUT2D eigenvalue weighted by molar-refractivity contribution is 7.10. The molecule has 5 nitrogen and oxygen atoms in total. The molecular formula is C14H20N2O3S. The standard InChI is InChI=1S/C14H20N2O3S/c1-10(11-5-4-8-20-11)15(3)13(19)16-7-6-14(2,9-16)12(17)18/h4-5,8,10H,6-7,9H2,1-3H3,(H,17,18). The maximum absolute atomic E-state index is 12.5. The molecule has 0 bridgehead atoms. The molecule has 1 aliphatic rings. The van der Waals surface area contributed by atoms with Crippen LogP contribution in [0.5, 0.6) is 0 Å². The van der Waals surface area contributed by atoms with E-state index in [1.165, 1.54) is 0 Å². The van der Waals surface area contributed by atoms with Crippen LogP contribution in [0.3, 0.4) is 0 Å². The zero-order chi connectivity index (χ0) is 14.9. The molecule has 2 heterocycles. The first-order valence-electron chi connectivity index (χ1n) is 6.64. The Bertz CT molecular complexity index is 503. The zero-order valence-corrected chi connectivity index (χ0v) is 12.8. The van der Waals surface area contributed by atoms with Crippen molar-refractivity contribution in [3.8, 4) is 0 Å². The number of thiophene rings is 1. The molecule has 0 saturated carbocycles. The van der Waals surface area contributed by atoms with Crippen molar-refractivity contribution < 1.29 is 14.7 Å². The van der Waals surface area contributed by atoms with E-state index in [2.05, 4.69) is 0 Å². The highest BCUT2D eigenvalue weighted by Gasteiger charge is 2.43. The lowest BCUT2D eigenvalue weighted by Gasteiger charge is -2.29. The number of carboxylic acid groups (broad SMARTS) is 1. The van der Waals surface area contributed by atoms with E-state index in [1.807, 2.05) is 24.4 Å². The molecule has 1 N–H and O–H groups in total. The Morgan fingerprint density at radius 1 is 1.55 bits per heavy atom. The third kappa shape index (κ3) is 2.65. The minimum Gasteiger partial charge on any atom is -0.481 e. The van der Waals surface area contributed by atoms with Crippen LogP contribution >= 0.6 is 11.3 Å². The summed E-state index contributed by atoms with van der Waals surface area (Å²) in [6, 6.07) is 3.87. The smallest absolute Gasteiger partial charge is 0.320 e. The number of carbonyl (C=O) groups is 2. The summed E-state index contributed by atoms with van der Waals surface area (Å²) in [5, 5.41) is 11.2. The summed E-state index contributed by atoms with van der Waals surface area (Å²) in [6.07, 6.45) is 0.509. The lowest BCUT2D eigenvalue weighted by molar-refractivity contribution is -0.147. The highest BCUT2D eigenvalue weighted by Crippen LogP contribution is 2.32. The monoisotopic (exact) mass is 296 g/mol. The molecule has 0 radical (unpaired) electrons. The number of amides is 2. The fraction of sp³-hybridized carbons (Fsp3) is 0.571. The van der Waals surface area contributed by atoms with Gasteiger partial charge in [-0.3, -0.25) is 4.79 Å². The fourth-order valence-corrected chi connectivity index (χ4v) is 3.23. The molecule has 1 fully saturated rings. The third-order valence-electron chi connectivity index (χ3n) is 4.10. The number of carboxylic acids is 1. The van der Waals surface area contributed by atoms with Crippen LogP contribution in [0.15, 0.2) is 17.5 Å². The molecule has 6 heteroatoms. The molecule has 110 valence electrons. The molecule has 0 spiro atoms. The second-order valence-corrected chi connectivity index (χ2v) is 6.60. The Hall–Kier alpha value is -1.56. The van der Waals surface area contributed by atoms with E-state index in [9.17, 15) is 14.7 Å². The average Bonchev–Trinajstić information content (AvgIpc) is 3.06. The topological polar surface area (TPSA) is 60.9 Å². The molecule has 1 aromatic heterocycles. The second-order valence-electron chi connectivity index (χ2n) is 5.62. The van der Waals surface area contributed by atoms with Crippen LogP contribution < -0.4 is 0 Å². The van der Waals surface area contributed by atoms with Crippen molar-refractivity contribution in [3.63, 3.8) is 0 Å². The van der Waals surface area contributed by atoms with E-state index < -0.39 is 11.4 Å². The molecule has 20 heavy (non-hydrogen) atoms. The fourth-order valence-electron chi connectivity index (χ4n) is 2.41. The summed E-state index contributed by atoms with van der Waals surface area (Å²) >= 11 is 1.62. The minimum atomic E-state index is -0.832. The van der Waals surface area contributed by atoms with Crippen molar-refractivity contribution in [1.82, 2.24) is 9.80 Å². The number of hydrogen-bond acceptors (Lipinski definition) is 3. The molecule has 2 amide bonds. The van der Waals surface area contributed by atoms with Crippen LogP contribution in [0.1, 0.15) is 31.2 Å². The molecule has 2 atom stereocenters. The number of carbonyl (C=O) groups excluding carboxylic acids is 1. The number of likely N-dealkylation sites (tertiary alicyclic amines) is 1. The van der Waals surface area contributed by atoms with Gasteiger partial charge in [0.15, 0.2) is 0 Å². The van der Waals surface area contributed by atoms with Gasteiger partial charge in [0, 0.05) is 25.0 Å². The predicted molar refractivity (Wildman–Crippen MR) is 77.8 cm³/mol. The summed E-state index contributed by atoms with van der Waals surface area (Å²) in [5.74, 6) is -0.832. The molecule has 1 aromatic rings. The van der Waals surface area contributed by atoms with Gasteiger partial charge in [-0.25, -0.2) is 4.79 Å². The Balaban J connectivity index is 2.04. The van der Waals surface area contributed by atoms with E-state index in [-0.39, 0.29) is 18.6 Å². The summed E-state index contributed by atoms with van der Waals surface area (Å²) in [5.41, 5.74) is -0.817. The normalized spacial score (nSPS) is 23.6. The second kappa shape index (κ2) is 5.44. The molecule has 0 aliphatic carbocycles. The molecule has 1 saturated heterocycles. The van der Waals surface area contributed by atoms with Crippen LogP contribution in [0, 0.1) is 5.41 Å². The zero-order valence-electron chi connectivity index (χ0n) is 12.0. The van der Waals surface area contributed by atoms with Crippen LogP contribution in [0.4, 0.5) is 4.79 Å². The first-order valence-corrected chi connectivity index (χ1v) is 7.51. The van der Waals surface area contributed by atoms with Gasteiger partial charge in [0.2, 0.25) is 0 Å². The van der Waals surface area contributed by atoms with Gasteiger partial charge in [0.1, 0.15) is 0 Å². The lowest BCUT2D eigenvalue weighted by Crippen LogP contribution is -2.42. The first-order chi connectivity index (χ1) is 9.35. The van der Waals surface area contributed by atoms with Crippen molar-refractivity contribution in [1.29, 1.82) is 0 Å². The van der Waals surface area contributed by atoms with Crippen LogP contribution in [0.25, 0.3) is 0 Å². The largest absolute Gasteiger partial charge is 0.481 e. The Labute approximate surface area is 122 Å². The van der Waals surface area contributed by atoms with Gasteiger partial charge in [0.25, 0.3) is 0 Å². The van der Waals surface area contributed by atoms with Crippen molar-refractivity contribution in [2.24, 2.45) is 5.41 Å². The molecule has 2 rings (SSSR count). The van der Waals surface area contributed by atoms with Gasteiger partial charge < -0.3 is 14.9 Å². The number of aliphatic carboxylic acids is 1. The number of hydrogen-bond donors (Lipinski definition) is 1. The summed E-state index contributed by atoms with van der Waals surface area (Å²) in [6.45, 7) is 4.47. The van der Waals surface area contributed by atoms with Crippen molar-refractivity contribution in [2.75, 3.05) is 20.1 Å². The van der Waals surface area contributed by atoms with Gasteiger partial charge >= 0.3 is 12.0 Å². The maximum atomic E-state index is 12.5. The van der Waals surface area contributed by atoms with E-state index in [4.69, 9.17) is 0 Å². The molecular weight excluding hydrogens is 276 g/mol. The van der Waals surface area contributed by atoms with Crippen LogP contribution in [-0.2, 0) is 4.79 Å². The number of rotatable bonds is 3. The van der Waals surface area contributed by atoms with Gasteiger partial charge in [-0.2, -0.15) is 0 Å². The average molecular weight is 296 g/mol. The molecule has 1 aliphatic heterocycles. The van der Waals surface area contributed by atoms with Gasteiger partial charge in [-0.05, 0) is 31.7 Å². The Morgan fingerprint density at radius 2 is 2.25 bits per heavy atom. The summed E-state index contributed by atoms with van der Waals surface area (Å²) < 4.78 is 0. The SMILES string of the molecule is CC(c1cccs1)N(C)C(=O)N1CCC(C)(C(=O)O)C1. The van der Waals surface area contributed by atoms with Crippen LogP contribution in [0.2, 0.25) is 0 Å². The number of nitrogens with zero attached hydrogens (tertiary/aromatic N) is 2. The van der Waals surface area contributed by atoms with E-state index >= 15 is 0 Å². The first kappa shape index (κ1) is 14.8. The summed E-state index contributed by atoms with van der Waals surface area (Å²) in [4.78, 5) is 28.1. The predicted octanol–water partition coefficient (Wildman–Crippen LogP) is 2.66. The lowest BCUT2D eigenvalue weighted by atomic mass is 9.90. The summed E-state index contributed by atoms with van der Waals surface area (Å²) in [7, 11) is 1.77. The Morgan fingerprint density at radius 3 is 2.75 bits per heavy atom. The van der Waals surface area contributed by atoms with E-state index in [0.29, 0.717) is 13.0 Å². The highest BCUT2D eigenvalue weighted by atomic mass is 32.1. The molecule has 2 unspecified atom stereocenters. The third-order valence-corrected chi connectivity index (χ3v) is 5.14. The van der Waals surface area contributed by atoms with Gasteiger partial charge in [-0.1, -0.05) is 6.07 Å². The van der Waals surface area contributed by atoms with E-state index in [1.54, 1.807) is 35.1 Å². The van der Waals surface area contributed by atoms with Gasteiger partial charge in [0.05, 0.1) is 11.5 Å². The number of urea groups is 1. The van der Waals surface area contributed by atoms with Crippen molar-refractivity contribution in [3.05, 3.63) is 22.4 Å². The molecule has 0 aromatic carbocycles.